The van der Waals surface area contributed by atoms with E-state index in [4.69, 9.17) is 0 Å². The minimum Gasteiger partial charge on any atom is -0.313 e. The van der Waals surface area contributed by atoms with Gasteiger partial charge in [-0.1, -0.05) is 6.07 Å². The maximum Gasteiger partial charge on any atom is 0.234 e. The van der Waals surface area contributed by atoms with Gasteiger partial charge in [0.1, 0.15) is 5.82 Å². The summed E-state index contributed by atoms with van der Waals surface area (Å²) in [5.74, 6) is -0.423. The van der Waals surface area contributed by atoms with Gasteiger partial charge in [-0.2, -0.15) is 0 Å². The Morgan fingerprint density at radius 1 is 1.47 bits per heavy atom. The molecule has 0 amide bonds. The van der Waals surface area contributed by atoms with Crippen LogP contribution in [0.4, 0.5) is 10.1 Å². The van der Waals surface area contributed by atoms with Gasteiger partial charge in [0.25, 0.3) is 0 Å². The Kier molecular flexibility index (Phi) is 3.63. The maximum absolute atomic E-state index is 12.9. The Bertz CT molecular complexity index is 484. The average molecular weight is 258 g/mol. The van der Waals surface area contributed by atoms with Crippen molar-refractivity contribution in [2.75, 3.05) is 17.0 Å². The highest BCUT2D eigenvalue weighted by molar-refractivity contribution is 7.92. The summed E-state index contributed by atoms with van der Waals surface area (Å²) in [6.45, 7) is 0.861. The summed E-state index contributed by atoms with van der Waals surface area (Å²) in [7, 11) is -3.41. The molecule has 1 aliphatic rings. The van der Waals surface area contributed by atoms with Crippen molar-refractivity contribution in [2.24, 2.45) is 0 Å². The summed E-state index contributed by atoms with van der Waals surface area (Å²) in [4.78, 5) is 0. The van der Waals surface area contributed by atoms with Gasteiger partial charge >= 0.3 is 0 Å². The Morgan fingerprint density at radius 2 is 2.29 bits per heavy atom. The number of nitrogens with one attached hydrogen (secondary N) is 2. The predicted octanol–water partition coefficient (Wildman–Crippen LogP) is 1.32. The molecule has 1 aromatic carbocycles. The lowest BCUT2D eigenvalue weighted by molar-refractivity contribution is 0.581. The van der Waals surface area contributed by atoms with Crippen molar-refractivity contribution in [2.45, 2.75) is 18.9 Å². The van der Waals surface area contributed by atoms with Crippen LogP contribution in [0, 0.1) is 5.82 Å². The van der Waals surface area contributed by atoms with Gasteiger partial charge in [-0.25, -0.2) is 12.8 Å². The molecule has 1 aliphatic heterocycles. The van der Waals surface area contributed by atoms with Crippen LogP contribution in [-0.2, 0) is 10.0 Å². The first-order chi connectivity index (χ1) is 8.05. The lowest BCUT2D eigenvalue weighted by Gasteiger charge is -2.12. The van der Waals surface area contributed by atoms with Gasteiger partial charge in [0.15, 0.2) is 0 Å². The smallest absolute Gasteiger partial charge is 0.234 e. The first-order valence-electron chi connectivity index (χ1n) is 5.55. The van der Waals surface area contributed by atoms with Crippen molar-refractivity contribution in [3.05, 3.63) is 30.1 Å². The molecule has 0 aromatic heterocycles. The molecule has 2 rings (SSSR count). The molecule has 1 fully saturated rings. The van der Waals surface area contributed by atoms with E-state index in [0.29, 0.717) is 0 Å². The SMILES string of the molecule is O=S(=O)(CC1CCCN1)Nc1cccc(F)c1. The Labute approximate surface area is 100 Å². The third kappa shape index (κ3) is 3.67. The molecule has 0 aliphatic carbocycles. The van der Waals surface area contributed by atoms with E-state index in [0.717, 1.165) is 19.4 Å². The van der Waals surface area contributed by atoms with Gasteiger partial charge in [-0.3, -0.25) is 4.72 Å². The number of halogens is 1. The highest BCUT2D eigenvalue weighted by atomic mass is 32.2. The molecule has 17 heavy (non-hydrogen) atoms. The van der Waals surface area contributed by atoms with Crippen LogP contribution in [-0.4, -0.2) is 26.8 Å². The van der Waals surface area contributed by atoms with E-state index >= 15 is 0 Å². The Morgan fingerprint density at radius 3 is 2.94 bits per heavy atom. The second-order valence-electron chi connectivity index (χ2n) is 4.19. The summed E-state index contributed by atoms with van der Waals surface area (Å²) in [5.41, 5.74) is 0.267. The van der Waals surface area contributed by atoms with E-state index in [-0.39, 0.29) is 17.5 Å². The van der Waals surface area contributed by atoms with E-state index in [1.54, 1.807) is 0 Å². The van der Waals surface area contributed by atoms with Crippen LogP contribution >= 0.6 is 0 Å². The number of hydrogen-bond acceptors (Lipinski definition) is 3. The lowest BCUT2D eigenvalue weighted by atomic mass is 10.3. The summed E-state index contributed by atoms with van der Waals surface area (Å²) in [5, 5.41) is 3.12. The Balaban J connectivity index is 2.01. The van der Waals surface area contributed by atoms with Gasteiger partial charge in [-0.05, 0) is 37.6 Å². The zero-order valence-corrected chi connectivity index (χ0v) is 10.1. The van der Waals surface area contributed by atoms with Crippen LogP contribution in [0.3, 0.4) is 0 Å². The van der Waals surface area contributed by atoms with Gasteiger partial charge in [0.2, 0.25) is 10.0 Å². The summed E-state index contributed by atoms with van der Waals surface area (Å²) >= 11 is 0. The fourth-order valence-corrected chi connectivity index (χ4v) is 3.32. The number of rotatable bonds is 4. The third-order valence-electron chi connectivity index (χ3n) is 2.68. The lowest BCUT2D eigenvalue weighted by Crippen LogP contribution is -2.32. The molecule has 0 radical (unpaired) electrons. The normalized spacial score (nSPS) is 20.4. The first-order valence-corrected chi connectivity index (χ1v) is 7.20. The molecule has 94 valence electrons. The minimum atomic E-state index is -3.41. The van der Waals surface area contributed by atoms with Gasteiger partial charge in [-0.15, -0.1) is 0 Å². The van der Waals surface area contributed by atoms with Crippen molar-refractivity contribution in [3.63, 3.8) is 0 Å². The molecule has 0 saturated carbocycles. The van der Waals surface area contributed by atoms with Crippen molar-refractivity contribution in [3.8, 4) is 0 Å². The van der Waals surface area contributed by atoms with Crippen LogP contribution in [0.1, 0.15) is 12.8 Å². The van der Waals surface area contributed by atoms with Crippen LogP contribution in [0.15, 0.2) is 24.3 Å². The van der Waals surface area contributed by atoms with Crippen LogP contribution < -0.4 is 10.0 Å². The second-order valence-corrected chi connectivity index (χ2v) is 5.95. The highest BCUT2D eigenvalue weighted by Crippen LogP contribution is 2.13. The minimum absolute atomic E-state index is 0.000981. The van der Waals surface area contributed by atoms with Crippen molar-refractivity contribution in [1.82, 2.24) is 5.32 Å². The largest absolute Gasteiger partial charge is 0.313 e. The molecule has 4 nitrogen and oxygen atoms in total. The topological polar surface area (TPSA) is 58.2 Å². The van der Waals surface area contributed by atoms with Crippen molar-refractivity contribution >= 4 is 15.7 Å². The van der Waals surface area contributed by atoms with Crippen molar-refractivity contribution < 1.29 is 12.8 Å². The summed E-state index contributed by atoms with van der Waals surface area (Å²) < 4.78 is 38.9. The van der Waals surface area contributed by atoms with E-state index in [2.05, 4.69) is 10.0 Å². The van der Waals surface area contributed by atoms with Gasteiger partial charge in [0, 0.05) is 6.04 Å². The van der Waals surface area contributed by atoms with E-state index in [9.17, 15) is 12.8 Å². The molecule has 1 unspecified atom stereocenters. The van der Waals surface area contributed by atoms with Crippen molar-refractivity contribution in [1.29, 1.82) is 0 Å². The predicted molar refractivity (Wildman–Crippen MR) is 64.8 cm³/mol. The number of anilines is 1. The molecule has 0 bridgehead atoms. The molecule has 1 atom stereocenters. The highest BCUT2D eigenvalue weighted by Gasteiger charge is 2.21. The molecule has 2 N–H and O–H groups in total. The second kappa shape index (κ2) is 5.01. The first kappa shape index (κ1) is 12.3. The van der Waals surface area contributed by atoms with Gasteiger partial charge < -0.3 is 5.32 Å². The van der Waals surface area contributed by atoms with Crippen LogP contribution in [0.5, 0.6) is 0 Å². The zero-order chi connectivity index (χ0) is 12.3. The standard InChI is InChI=1S/C11H15FN2O2S/c12-9-3-1-4-10(7-9)14-17(15,16)8-11-5-2-6-13-11/h1,3-4,7,11,13-14H,2,5-6,8H2. The Hall–Kier alpha value is -1.14. The third-order valence-corrected chi connectivity index (χ3v) is 4.07. The maximum atomic E-state index is 12.9. The quantitative estimate of drug-likeness (QED) is 0.856. The number of benzene rings is 1. The summed E-state index contributed by atoms with van der Waals surface area (Å²) in [6.07, 6.45) is 1.87. The number of sulfonamides is 1. The molecular formula is C11H15FN2O2S. The molecule has 1 heterocycles. The van der Waals surface area contributed by atoms with E-state index in [1.165, 1.54) is 24.3 Å². The molecular weight excluding hydrogens is 243 g/mol. The van der Waals surface area contributed by atoms with Crippen LogP contribution in [0.2, 0.25) is 0 Å². The van der Waals surface area contributed by atoms with Crippen LogP contribution in [0.25, 0.3) is 0 Å². The zero-order valence-electron chi connectivity index (χ0n) is 9.32. The monoisotopic (exact) mass is 258 g/mol. The van der Waals surface area contributed by atoms with E-state index < -0.39 is 15.8 Å². The van der Waals surface area contributed by atoms with Gasteiger partial charge in [0.05, 0.1) is 11.4 Å². The average Bonchev–Trinajstić information content (AvgIpc) is 2.68. The molecule has 1 aromatic rings. The molecule has 1 saturated heterocycles. The fraction of sp³-hybridized carbons (Fsp3) is 0.455. The molecule has 6 heteroatoms. The van der Waals surface area contributed by atoms with E-state index in [1.807, 2.05) is 0 Å². The fourth-order valence-electron chi connectivity index (χ4n) is 1.94. The summed E-state index contributed by atoms with van der Waals surface area (Å²) in [6, 6.07) is 5.45. The molecule has 0 spiro atoms. The number of hydrogen-bond donors (Lipinski definition) is 2.